The fourth-order valence-corrected chi connectivity index (χ4v) is 0.703. The maximum Gasteiger partial charge on any atom is 0.120 e. The summed E-state index contributed by atoms with van der Waals surface area (Å²) in [4.78, 5) is 0. The van der Waals surface area contributed by atoms with Gasteiger partial charge in [-0.3, -0.25) is 0 Å². The van der Waals surface area contributed by atoms with E-state index in [1.807, 2.05) is 32.9 Å². The summed E-state index contributed by atoms with van der Waals surface area (Å²) in [5.41, 5.74) is 5.64. The summed E-state index contributed by atoms with van der Waals surface area (Å²) >= 11 is 0. The fourth-order valence-electron chi connectivity index (χ4n) is 0.703. The van der Waals surface area contributed by atoms with Gasteiger partial charge < -0.3 is 10.2 Å². The van der Waals surface area contributed by atoms with Gasteiger partial charge in [0.15, 0.2) is 0 Å². The van der Waals surface area contributed by atoms with Gasteiger partial charge in [-0.2, -0.15) is 0 Å². The first kappa shape index (κ1) is 10.2. The van der Waals surface area contributed by atoms with Crippen LogP contribution in [0.5, 0.6) is 0 Å². The largest absolute Gasteiger partial charge is 0.468 e. The van der Waals surface area contributed by atoms with E-state index >= 15 is 0 Å². The Bertz CT molecular complexity index is 158. The van der Waals surface area contributed by atoms with Crippen molar-refractivity contribution in [1.29, 1.82) is 0 Å². The maximum atomic E-state index is 5.64. The van der Waals surface area contributed by atoms with Crippen LogP contribution in [-0.2, 0) is 0 Å². The predicted molar refractivity (Wildman–Crippen MR) is 47.3 cm³/mol. The van der Waals surface area contributed by atoms with Gasteiger partial charge in [-0.05, 0) is 18.6 Å². The lowest BCUT2D eigenvalue weighted by molar-refractivity contribution is 0.460. The third-order valence-corrected chi connectivity index (χ3v) is 1.35. The van der Waals surface area contributed by atoms with Crippen molar-refractivity contribution < 1.29 is 4.42 Å². The minimum Gasteiger partial charge on any atom is -0.468 e. The van der Waals surface area contributed by atoms with Crippen molar-refractivity contribution in [2.45, 2.75) is 33.2 Å². The summed E-state index contributed by atoms with van der Waals surface area (Å²) in [5, 5.41) is 0. The van der Waals surface area contributed by atoms with Crippen LogP contribution in [0, 0.1) is 0 Å². The first-order valence-electron chi connectivity index (χ1n) is 4.13. The Morgan fingerprint density at radius 1 is 1.55 bits per heavy atom. The first-order chi connectivity index (χ1) is 5.34. The molecule has 0 bridgehead atoms. The molecule has 0 unspecified atom stereocenters. The van der Waals surface area contributed by atoms with E-state index in [1.54, 1.807) is 6.26 Å². The Balaban J connectivity index is 0.000000461. The molecule has 1 rings (SSSR count). The van der Waals surface area contributed by atoms with Gasteiger partial charge >= 0.3 is 0 Å². The van der Waals surface area contributed by atoms with E-state index in [4.69, 9.17) is 10.2 Å². The van der Waals surface area contributed by atoms with Crippen LogP contribution < -0.4 is 5.73 Å². The molecule has 0 aromatic carbocycles. The van der Waals surface area contributed by atoms with Crippen molar-refractivity contribution in [3.05, 3.63) is 24.2 Å². The average Bonchev–Trinajstić information content (AvgIpc) is 2.59. The van der Waals surface area contributed by atoms with Crippen LogP contribution in [0.3, 0.4) is 0 Å². The molecule has 0 aliphatic heterocycles. The quantitative estimate of drug-likeness (QED) is 0.713. The second-order valence-electron chi connectivity index (χ2n) is 2.03. The predicted octanol–water partition coefficient (Wildman–Crippen LogP) is 2.72. The highest BCUT2D eigenvalue weighted by Crippen LogP contribution is 2.12. The van der Waals surface area contributed by atoms with Crippen molar-refractivity contribution in [2.24, 2.45) is 5.73 Å². The molecule has 64 valence electrons. The second-order valence-corrected chi connectivity index (χ2v) is 2.03. The van der Waals surface area contributed by atoms with Gasteiger partial charge in [-0.15, -0.1) is 0 Å². The molecule has 1 aromatic heterocycles. The molecular formula is C9H17NO. The van der Waals surface area contributed by atoms with Gasteiger partial charge in [-0.25, -0.2) is 0 Å². The summed E-state index contributed by atoms with van der Waals surface area (Å²) in [5.74, 6) is 0.873. The zero-order valence-corrected chi connectivity index (χ0v) is 7.50. The molecule has 2 heteroatoms. The molecular weight excluding hydrogens is 138 g/mol. The highest BCUT2D eigenvalue weighted by Gasteiger charge is 2.03. The minimum atomic E-state index is 0.0694. The van der Waals surface area contributed by atoms with Gasteiger partial charge in [0.25, 0.3) is 0 Å². The Kier molecular flexibility index (Phi) is 5.57. The SMILES string of the molecule is CC.CC[C@H](N)c1ccco1. The molecule has 0 spiro atoms. The molecule has 1 aromatic rings. The highest BCUT2D eigenvalue weighted by molar-refractivity contribution is 5.02. The molecule has 0 fully saturated rings. The Labute approximate surface area is 68.4 Å². The van der Waals surface area contributed by atoms with E-state index in [2.05, 4.69) is 0 Å². The Morgan fingerprint density at radius 2 is 2.18 bits per heavy atom. The summed E-state index contributed by atoms with van der Waals surface area (Å²) in [6, 6.07) is 3.82. The summed E-state index contributed by atoms with van der Waals surface area (Å²) in [7, 11) is 0. The normalized spacial score (nSPS) is 11.6. The third kappa shape index (κ3) is 3.23. The van der Waals surface area contributed by atoms with E-state index in [0.717, 1.165) is 12.2 Å². The minimum absolute atomic E-state index is 0.0694. The van der Waals surface area contributed by atoms with Gasteiger partial charge in [0.1, 0.15) is 5.76 Å². The van der Waals surface area contributed by atoms with Gasteiger partial charge in [0, 0.05) is 0 Å². The molecule has 1 heterocycles. The number of furan rings is 1. The first-order valence-corrected chi connectivity index (χ1v) is 4.13. The Morgan fingerprint density at radius 3 is 2.55 bits per heavy atom. The van der Waals surface area contributed by atoms with E-state index in [-0.39, 0.29) is 6.04 Å². The maximum absolute atomic E-state index is 5.64. The number of hydrogen-bond acceptors (Lipinski definition) is 2. The number of rotatable bonds is 2. The third-order valence-electron chi connectivity index (χ3n) is 1.35. The Hall–Kier alpha value is -0.760. The van der Waals surface area contributed by atoms with E-state index in [0.29, 0.717) is 0 Å². The molecule has 2 nitrogen and oxygen atoms in total. The molecule has 0 radical (unpaired) electrons. The number of nitrogens with two attached hydrogens (primary N) is 1. The van der Waals surface area contributed by atoms with Crippen molar-refractivity contribution >= 4 is 0 Å². The van der Waals surface area contributed by atoms with E-state index in [1.165, 1.54) is 0 Å². The second kappa shape index (κ2) is 5.98. The lowest BCUT2D eigenvalue weighted by atomic mass is 10.2. The van der Waals surface area contributed by atoms with Crippen molar-refractivity contribution in [3.63, 3.8) is 0 Å². The molecule has 0 aliphatic carbocycles. The fraction of sp³-hybridized carbons (Fsp3) is 0.556. The lowest BCUT2D eigenvalue weighted by Gasteiger charge is -2.01. The molecule has 0 saturated carbocycles. The molecule has 0 aliphatic rings. The summed E-state index contributed by atoms with van der Waals surface area (Å²) in [6.45, 7) is 6.03. The van der Waals surface area contributed by atoms with E-state index in [9.17, 15) is 0 Å². The molecule has 0 amide bonds. The summed E-state index contributed by atoms with van der Waals surface area (Å²) in [6.07, 6.45) is 2.57. The van der Waals surface area contributed by atoms with Gasteiger partial charge in [0.2, 0.25) is 0 Å². The smallest absolute Gasteiger partial charge is 0.120 e. The monoisotopic (exact) mass is 155 g/mol. The van der Waals surface area contributed by atoms with Crippen LogP contribution in [0.4, 0.5) is 0 Å². The van der Waals surface area contributed by atoms with Crippen LogP contribution in [0.25, 0.3) is 0 Å². The number of hydrogen-bond donors (Lipinski definition) is 1. The standard InChI is InChI=1S/C7H11NO.C2H6/c1-2-6(8)7-4-3-5-9-7;1-2/h3-6H,2,8H2,1H3;1-2H3/t6-;/m0./s1. The molecule has 1 atom stereocenters. The van der Waals surface area contributed by atoms with Crippen LogP contribution in [0.1, 0.15) is 39.0 Å². The van der Waals surface area contributed by atoms with Crippen molar-refractivity contribution in [1.82, 2.24) is 0 Å². The zero-order chi connectivity index (χ0) is 8.69. The van der Waals surface area contributed by atoms with Gasteiger partial charge in [0.05, 0.1) is 12.3 Å². The highest BCUT2D eigenvalue weighted by atomic mass is 16.3. The van der Waals surface area contributed by atoms with Crippen LogP contribution >= 0.6 is 0 Å². The summed E-state index contributed by atoms with van der Waals surface area (Å²) < 4.78 is 5.06. The van der Waals surface area contributed by atoms with Crippen LogP contribution in [0.15, 0.2) is 22.8 Å². The van der Waals surface area contributed by atoms with Crippen molar-refractivity contribution in [2.75, 3.05) is 0 Å². The average molecular weight is 155 g/mol. The molecule has 11 heavy (non-hydrogen) atoms. The topological polar surface area (TPSA) is 39.2 Å². The molecule has 2 N–H and O–H groups in total. The zero-order valence-electron chi connectivity index (χ0n) is 7.50. The van der Waals surface area contributed by atoms with Gasteiger partial charge in [-0.1, -0.05) is 20.8 Å². The molecule has 0 saturated heterocycles. The van der Waals surface area contributed by atoms with E-state index < -0.39 is 0 Å². The van der Waals surface area contributed by atoms with Crippen LogP contribution in [-0.4, -0.2) is 0 Å². The van der Waals surface area contributed by atoms with Crippen LogP contribution in [0.2, 0.25) is 0 Å². The van der Waals surface area contributed by atoms with Crippen molar-refractivity contribution in [3.8, 4) is 0 Å². The lowest BCUT2D eigenvalue weighted by Crippen LogP contribution is -2.06.